The molecule has 3 heterocycles. The molecule has 36 heavy (non-hydrogen) atoms. The van der Waals surface area contributed by atoms with Crippen LogP contribution in [0.2, 0.25) is 0 Å². The summed E-state index contributed by atoms with van der Waals surface area (Å²) in [5.41, 5.74) is 2.33. The highest BCUT2D eigenvalue weighted by molar-refractivity contribution is 7.91. The van der Waals surface area contributed by atoms with Crippen LogP contribution < -0.4 is 9.80 Å². The predicted molar refractivity (Wildman–Crippen MR) is 140 cm³/mol. The van der Waals surface area contributed by atoms with Crippen LogP contribution in [-0.2, 0) is 20.0 Å². The van der Waals surface area contributed by atoms with E-state index in [0.717, 1.165) is 36.4 Å². The lowest BCUT2D eigenvalue weighted by Crippen LogP contribution is -2.37. The first-order valence-corrected chi connectivity index (χ1v) is 14.4. The number of sulfone groups is 1. The zero-order valence-corrected chi connectivity index (χ0v) is 22.2. The molecule has 0 unspecified atom stereocenters. The molecule has 0 radical (unpaired) electrons. The lowest BCUT2D eigenvalue weighted by atomic mass is 9.78. The second kappa shape index (κ2) is 8.40. The summed E-state index contributed by atoms with van der Waals surface area (Å²) in [6, 6.07) is 8.89. The van der Waals surface area contributed by atoms with Crippen molar-refractivity contribution in [3.05, 3.63) is 52.8 Å². The topological polar surface area (TPSA) is 74.8 Å². The number of fused-ring (bicyclic) bond motifs is 1. The van der Waals surface area contributed by atoms with E-state index in [4.69, 9.17) is 0 Å². The van der Waals surface area contributed by atoms with Crippen molar-refractivity contribution >= 4 is 38.6 Å². The number of amides is 1. The van der Waals surface area contributed by atoms with E-state index >= 15 is 4.39 Å². The zero-order valence-electron chi connectivity index (χ0n) is 21.4. The van der Waals surface area contributed by atoms with Gasteiger partial charge in [-0.2, -0.15) is 0 Å². The zero-order chi connectivity index (χ0) is 26.0. The van der Waals surface area contributed by atoms with Crippen molar-refractivity contribution in [2.45, 2.75) is 58.8 Å². The predicted octanol–water partition coefficient (Wildman–Crippen LogP) is 5.09. The minimum absolute atomic E-state index is 0.0304. The van der Waals surface area contributed by atoms with Crippen LogP contribution in [0.5, 0.6) is 0 Å². The van der Waals surface area contributed by atoms with Crippen molar-refractivity contribution < 1.29 is 22.4 Å². The van der Waals surface area contributed by atoms with E-state index in [2.05, 4.69) is 4.90 Å². The maximum absolute atomic E-state index is 15.5. The third-order valence-electron chi connectivity index (χ3n) is 8.31. The van der Waals surface area contributed by atoms with E-state index in [0.29, 0.717) is 24.1 Å². The molecular formula is C28H33FN2O4S. The molecule has 3 aliphatic rings. The number of aryl methyl sites for hydroxylation is 1. The van der Waals surface area contributed by atoms with Gasteiger partial charge in [-0.1, -0.05) is 13.0 Å². The Kier molecular flexibility index (Phi) is 5.82. The number of Topliss-reactive ketones (excluding diaryl/α,β-unsaturated/α-hetero) is 1. The Morgan fingerprint density at radius 1 is 1.03 bits per heavy atom. The largest absolute Gasteiger partial charge is 0.371 e. The molecule has 0 atom stereocenters. The Morgan fingerprint density at radius 3 is 2.31 bits per heavy atom. The molecule has 5 rings (SSSR count). The average molecular weight is 513 g/mol. The summed E-state index contributed by atoms with van der Waals surface area (Å²) in [6.45, 7) is 9.40. The fraction of sp³-hybridized carbons (Fsp3) is 0.500. The molecule has 2 fully saturated rings. The smallest absolute Gasteiger partial charge is 0.241 e. The molecule has 8 heteroatoms. The van der Waals surface area contributed by atoms with Gasteiger partial charge in [0.1, 0.15) is 15.7 Å². The number of nitrogens with zero attached hydrogens (tertiary/aromatic N) is 2. The van der Waals surface area contributed by atoms with Crippen molar-refractivity contribution in [1.82, 2.24) is 0 Å². The van der Waals surface area contributed by atoms with E-state index in [1.165, 1.54) is 6.07 Å². The molecule has 0 bridgehead atoms. The molecule has 192 valence electrons. The Hall–Kier alpha value is -2.74. The SMILES string of the molecule is Cc1ccc(N2CCC2)cc1N1C(=O)C(C)(C)c2cc(C(=O)CC3(C)CCS(=O)(=O)CC3)c(F)cc21. The van der Waals surface area contributed by atoms with E-state index in [-0.39, 0.29) is 35.2 Å². The summed E-state index contributed by atoms with van der Waals surface area (Å²) in [5.74, 6) is -1.06. The molecule has 6 nitrogen and oxygen atoms in total. The molecule has 0 N–H and O–H groups in total. The molecule has 0 saturated carbocycles. The second-order valence-corrected chi connectivity index (χ2v) is 13.8. The van der Waals surface area contributed by atoms with Gasteiger partial charge in [-0.05, 0) is 80.8 Å². The van der Waals surface area contributed by atoms with Gasteiger partial charge in [-0.3, -0.25) is 14.5 Å². The van der Waals surface area contributed by atoms with Crippen LogP contribution in [0, 0.1) is 18.2 Å². The molecule has 2 aromatic rings. The van der Waals surface area contributed by atoms with Gasteiger partial charge in [-0.25, -0.2) is 12.8 Å². The number of anilines is 3. The van der Waals surface area contributed by atoms with Gasteiger partial charge in [0.15, 0.2) is 5.78 Å². The summed E-state index contributed by atoms with van der Waals surface area (Å²) >= 11 is 0. The quantitative estimate of drug-likeness (QED) is 0.522. The van der Waals surface area contributed by atoms with Crippen LogP contribution in [0.25, 0.3) is 0 Å². The summed E-state index contributed by atoms with van der Waals surface area (Å²) in [4.78, 5) is 30.8. The van der Waals surface area contributed by atoms with Gasteiger partial charge >= 0.3 is 0 Å². The maximum Gasteiger partial charge on any atom is 0.241 e. The second-order valence-electron chi connectivity index (χ2n) is 11.5. The summed E-state index contributed by atoms with van der Waals surface area (Å²) in [5, 5.41) is 0. The number of rotatable bonds is 5. The molecule has 2 aromatic carbocycles. The number of carbonyl (C=O) groups is 2. The Balaban J connectivity index is 1.50. The maximum atomic E-state index is 15.5. The van der Waals surface area contributed by atoms with Crippen LogP contribution in [-0.4, -0.2) is 44.7 Å². The van der Waals surface area contributed by atoms with Crippen LogP contribution in [0.3, 0.4) is 0 Å². The van der Waals surface area contributed by atoms with E-state index in [9.17, 15) is 18.0 Å². The van der Waals surface area contributed by atoms with E-state index < -0.39 is 26.5 Å². The number of hydrogen-bond donors (Lipinski definition) is 0. The normalized spacial score (nSPS) is 21.8. The lowest BCUT2D eigenvalue weighted by molar-refractivity contribution is -0.121. The minimum atomic E-state index is -3.07. The van der Waals surface area contributed by atoms with Gasteiger partial charge in [-0.15, -0.1) is 0 Å². The number of carbonyl (C=O) groups excluding carboxylic acids is 2. The number of hydrogen-bond acceptors (Lipinski definition) is 5. The highest BCUT2D eigenvalue weighted by atomic mass is 32.2. The van der Waals surface area contributed by atoms with Crippen molar-refractivity contribution in [3.63, 3.8) is 0 Å². The summed E-state index contributed by atoms with van der Waals surface area (Å²) in [7, 11) is -3.07. The lowest BCUT2D eigenvalue weighted by Gasteiger charge is -2.34. The minimum Gasteiger partial charge on any atom is -0.371 e. The number of halogens is 1. The molecular weight excluding hydrogens is 479 g/mol. The van der Waals surface area contributed by atoms with Crippen LogP contribution >= 0.6 is 0 Å². The average Bonchev–Trinajstić information content (AvgIpc) is 2.95. The van der Waals surface area contributed by atoms with Crippen molar-refractivity contribution in [3.8, 4) is 0 Å². The molecule has 0 aromatic heterocycles. The first kappa shape index (κ1) is 24.9. The van der Waals surface area contributed by atoms with Crippen LogP contribution in [0.4, 0.5) is 21.5 Å². The van der Waals surface area contributed by atoms with Gasteiger partial charge in [0.2, 0.25) is 5.91 Å². The molecule has 1 amide bonds. The number of ketones is 1. The monoisotopic (exact) mass is 512 g/mol. The number of benzene rings is 2. The van der Waals surface area contributed by atoms with E-state index in [1.54, 1.807) is 11.0 Å². The Bertz CT molecular complexity index is 1360. The van der Waals surface area contributed by atoms with Gasteiger partial charge in [0, 0.05) is 25.2 Å². The first-order chi connectivity index (χ1) is 16.8. The Labute approximate surface area is 212 Å². The van der Waals surface area contributed by atoms with E-state index in [1.807, 2.05) is 45.9 Å². The van der Waals surface area contributed by atoms with Crippen molar-refractivity contribution in [1.29, 1.82) is 0 Å². The summed E-state index contributed by atoms with van der Waals surface area (Å²) < 4.78 is 39.2. The molecule has 0 spiro atoms. The Morgan fingerprint density at radius 2 is 1.69 bits per heavy atom. The highest BCUT2D eigenvalue weighted by Gasteiger charge is 2.46. The first-order valence-electron chi connectivity index (χ1n) is 12.6. The van der Waals surface area contributed by atoms with Gasteiger partial charge < -0.3 is 4.90 Å². The van der Waals surface area contributed by atoms with Crippen LogP contribution in [0.15, 0.2) is 30.3 Å². The summed E-state index contributed by atoms with van der Waals surface area (Å²) in [6.07, 6.45) is 1.99. The standard InChI is InChI=1S/C28H33FN2O4S/c1-18-6-7-19(30-10-5-11-30)14-23(18)31-24-16-22(29)20(15-21(24)27(2,3)26(31)33)25(32)17-28(4)8-12-36(34,35)13-9-28/h6-7,14-16H,5,8-13,17H2,1-4H3. The van der Waals surface area contributed by atoms with Gasteiger partial charge in [0.05, 0.1) is 33.9 Å². The third kappa shape index (κ3) is 4.13. The van der Waals surface area contributed by atoms with Gasteiger partial charge in [0.25, 0.3) is 0 Å². The molecule has 3 aliphatic heterocycles. The third-order valence-corrected chi connectivity index (χ3v) is 9.97. The fourth-order valence-electron chi connectivity index (χ4n) is 5.51. The molecule has 2 saturated heterocycles. The van der Waals surface area contributed by atoms with Crippen LogP contribution in [0.1, 0.15) is 67.9 Å². The fourth-order valence-corrected chi connectivity index (χ4v) is 7.32. The molecule has 0 aliphatic carbocycles. The highest BCUT2D eigenvalue weighted by Crippen LogP contribution is 2.48. The van der Waals surface area contributed by atoms with Crippen molar-refractivity contribution in [2.75, 3.05) is 34.4 Å². The van der Waals surface area contributed by atoms with Crippen molar-refractivity contribution in [2.24, 2.45) is 5.41 Å².